The highest BCUT2D eigenvalue weighted by Gasteiger charge is 2.47. The molecule has 2 aromatic heterocycles. The van der Waals surface area contributed by atoms with Crippen molar-refractivity contribution in [3.63, 3.8) is 0 Å². The Balaban J connectivity index is 1.46. The van der Waals surface area contributed by atoms with Crippen molar-refractivity contribution in [2.45, 2.75) is 70.1 Å². The lowest BCUT2D eigenvalue weighted by molar-refractivity contribution is -0.0517. The highest BCUT2D eigenvalue weighted by atomic mass is 19.3. The minimum absolute atomic E-state index is 0.0194. The molecule has 3 atom stereocenters. The molecule has 0 spiro atoms. The molecule has 2 aliphatic heterocycles. The summed E-state index contributed by atoms with van der Waals surface area (Å²) >= 11 is 0. The van der Waals surface area contributed by atoms with Gasteiger partial charge >= 0.3 is 12.6 Å². The summed E-state index contributed by atoms with van der Waals surface area (Å²) in [6.45, 7) is -0.0226. The second-order valence-corrected chi connectivity index (χ2v) is 13.8. The van der Waals surface area contributed by atoms with Crippen LogP contribution in [-0.4, -0.2) is 81.6 Å². The zero-order chi connectivity index (χ0) is 34.7. The number of halogens is 4. The second kappa shape index (κ2) is 12.5. The van der Waals surface area contributed by atoms with Gasteiger partial charge in [0, 0.05) is 35.5 Å². The van der Waals surface area contributed by atoms with Gasteiger partial charge in [-0.2, -0.15) is 18.7 Å². The number of aromatic nitrogens is 3. The zero-order valence-electron chi connectivity index (χ0n) is 27.3. The summed E-state index contributed by atoms with van der Waals surface area (Å²) in [5, 5.41) is 21.6. The van der Waals surface area contributed by atoms with Crippen molar-refractivity contribution in [2.24, 2.45) is 5.41 Å². The predicted molar refractivity (Wildman–Crippen MR) is 176 cm³/mol. The maximum atomic E-state index is 17.1. The lowest BCUT2D eigenvalue weighted by Gasteiger charge is -2.44. The molecule has 2 aromatic carbocycles. The molecule has 1 aliphatic carbocycles. The molecule has 7 rings (SSSR count). The van der Waals surface area contributed by atoms with Crippen LogP contribution in [0.25, 0.3) is 32.9 Å². The molecule has 3 fully saturated rings. The van der Waals surface area contributed by atoms with Crippen molar-refractivity contribution in [2.75, 3.05) is 38.2 Å². The summed E-state index contributed by atoms with van der Waals surface area (Å²) < 4.78 is 71.3. The number of phenols is 1. The van der Waals surface area contributed by atoms with Crippen molar-refractivity contribution >= 4 is 27.5 Å². The van der Waals surface area contributed by atoms with Crippen LogP contribution in [0.1, 0.15) is 57.4 Å². The number of fused-ring (bicyclic) bond motifs is 3. The molecular formula is C36H37F4N5O4. The van der Waals surface area contributed by atoms with Gasteiger partial charge in [0.25, 0.3) is 0 Å². The quantitative estimate of drug-likeness (QED) is 0.170. The van der Waals surface area contributed by atoms with E-state index in [9.17, 15) is 23.4 Å². The Hall–Kier alpha value is -4.41. The summed E-state index contributed by atoms with van der Waals surface area (Å²) in [6, 6.07) is 5.06. The Morgan fingerprint density at radius 3 is 2.59 bits per heavy atom. The number of phenolic OH excluding ortho intramolecular Hbond substituents is 1. The fourth-order valence-electron chi connectivity index (χ4n) is 8.28. The number of alkyl halides is 2. The van der Waals surface area contributed by atoms with E-state index < -0.39 is 40.9 Å². The topological polar surface area (TPSA) is 104 Å². The van der Waals surface area contributed by atoms with Gasteiger partial charge in [-0.15, -0.1) is 6.42 Å². The van der Waals surface area contributed by atoms with Crippen LogP contribution in [-0.2, 0) is 0 Å². The van der Waals surface area contributed by atoms with Gasteiger partial charge in [0.15, 0.2) is 5.82 Å². The number of piperidine rings is 2. The summed E-state index contributed by atoms with van der Waals surface area (Å²) in [5.41, 5.74) is -2.65. The van der Waals surface area contributed by atoms with E-state index in [4.69, 9.17) is 15.9 Å². The SMILES string of the molecule is C#Cc1c(F)ccc2cc(O)cc(-c3nc(OC(F)F)c4c(N5CCC[C@@](C)(O)C5)nc(OC[C@]56CCC[C@H]5N(C)CCC6)nc4c3F)c12. The standard InChI is InChI=1S/C36H37F4N5O4/c1-4-22-24(37)10-9-20-16-21(46)17-23(26(20)22)29-28(38)30-27(32(41-29)49-33(39)40)31(45-15-6-11-35(2,47)18-45)43-34(42-30)48-19-36-12-5-8-25(36)44(3)14-7-13-36/h1,9-10,16-17,25,33,46-47H,5-8,11-15,18-19H2,2-3H3/t25-,35-,36-/m1/s1. The molecule has 0 unspecified atom stereocenters. The van der Waals surface area contributed by atoms with Crippen LogP contribution < -0.4 is 14.4 Å². The van der Waals surface area contributed by atoms with E-state index in [2.05, 4.69) is 32.8 Å². The van der Waals surface area contributed by atoms with E-state index in [0.717, 1.165) is 50.8 Å². The molecule has 3 aliphatic rings. The smallest absolute Gasteiger partial charge is 0.388 e. The summed E-state index contributed by atoms with van der Waals surface area (Å²) in [7, 11) is 2.10. The van der Waals surface area contributed by atoms with Gasteiger partial charge in [0.2, 0.25) is 5.88 Å². The maximum absolute atomic E-state index is 17.1. The van der Waals surface area contributed by atoms with E-state index in [-0.39, 0.29) is 63.4 Å². The number of terminal acetylenes is 1. The summed E-state index contributed by atoms with van der Waals surface area (Å²) in [4.78, 5) is 17.3. The summed E-state index contributed by atoms with van der Waals surface area (Å²) in [5.74, 6) is -0.559. The van der Waals surface area contributed by atoms with Gasteiger partial charge < -0.3 is 29.5 Å². The molecule has 13 heteroatoms. The first-order valence-electron chi connectivity index (χ1n) is 16.5. The molecule has 0 amide bonds. The van der Waals surface area contributed by atoms with Gasteiger partial charge in [-0.3, -0.25) is 0 Å². The molecule has 258 valence electrons. The summed E-state index contributed by atoms with van der Waals surface area (Å²) in [6.07, 6.45) is 11.7. The third-order valence-electron chi connectivity index (χ3n) is 10.4. The maximum Gasteiger partial charge on any atom is 0.388 e. The Bertz CT molecular complexity index is 1990. The van der Waals surface area contributed by atoms with Crippen molar-refractivity contribution in [3.8, 4) is 41.2 Å². The first kappa shape index (κ1) is 33.1. The number of benzene rings is 2. The lowest BCUT2D eigenvalue weighted by Crippen LogP contribution is -2.50. The van der Waals surface area contributed by atoms with E-state index in [0.29, 0.717) is 25.4 Å². The molecule has 49 heavy (non-hydrogen) atoms. The van der Waals surface area contributed by atoms with Gasteiger partial charge in [-0.1, -0.05) is 18.4 Å². The molecule has 1 saturated carbocycles. The number of aromatic hydroxyl groups is 1. The number of aliphatic hydroxyl groups is 1. The van der Waals surface area contributed by atoms with Crippen LogP contribution in [0.4, 0.5) is 23.4 Å². The number of rotatable bonds is 7. The Morgan fingerprint density at radius 1 is 1.06 bits per heavy atom. The van der Waals surface area contributed by atoms with Crippen LogP contribution in [0, 0.1) is 29.4 Å². The zero-order valence-corrected chi connectivity index (χ0v) is 27.3. The number of hydrogen-bond acceptors (Lipinski definition) is 9. The van der Waals surface area contributed by atoms with Gasteiger partial charge in [0.05, 0.1) is 17.8 Å². The fraction of sp³-hybridized carbons (Fsp3) is 0.472. The van der Waals surface area contributed by atoms with Crippen molar-refractivity contribution < 1.29 is 37.2 Å². The Labute approximate surface area is 280 Å². The van der Waals surface area contributed by atoms with Gasteiger partial charge in [-0.25, -0.2) is 13.8 Å². The molecule has 9 nitrogen and oxygen atoms in total. The lowest BCUT2D eigenvalue weighted by atomic mass is 9.76. The van der Waals surface area contributed by atoms with Crippen molar-refractivity contribution in [1.29, 1.82) is 0 Å². The van der Waals surface area contributed by atoms with Crippen LogP contribution >= 0.6 is 0 Å². The number of likely N-dealkylation sites (tertiary alicyclic amines) is 1. The van der Waals surface area contributed by atoms with Gasteiger partial charge in [0.1, 0.15) is 34.0 Å². The van der Waals surface area contributed by atoms with E-state index >= 15 is 4.39 Å². The van der Waals surface area contributed by atoms with Crippen molar-refractivity contribution in [3.05, 3.63) is 41.5 Å². The highest BCUT2D eigenvalue weighted by molar-refractivity contribution is 6.04. The second-order valence-electron chi connectivity index (χ2n) is 13.8. The number of hydrogen-bond donors (Lipinski definition) is 2. The average molecular weight is 680 g/mol. The Kier molecular flexibility index (Phi) is 8.43. The number of pyridine rings is 1. The number of anilines is 1. The van der Waals surface area contributed by atoms with Crippen LogP contribution in [0.5, 0.6) is 17.6 Å². The number of nitrogens with zero attached hydrogens (tertiary/aromatic N) is 5. The van der Waals surface area contributed by atoms with Crippen molar-refractivity contribution in [1.82, 2.24) is 19.9 Å². The predicted octanol–water partition coefficient (Wildman–Crippen LogP) is 6.41. The van der Waals surface area contributed by atoms with Crippen LogP contribution in [0.3, 0.4) is 0 Å². The third-order valence-corrected chi connectivity index (χ3v) is 10.4. The van der Waals surface area contributed by atoms with E-state index in [1.165, 1.54) is 12.1 Å². The van der Waals surface area contributed by atoms with E-state index in [1.807, 2.05) is 0 Å². The monoisotopic (exact) mass is 679 g/mol. The molecule has 4 heterocycles. The normalized spacial score (nSPS) is 24.4. The minimum Gasteiger partial charge on any atom is -0.508 e. The first-order chi connectivity index (χ1) is 23.4. The third kappa shape index (κ3) is 5.95. The molecule has 0 bridgehead atoms. The molecule has 2 N–H and O–H groups in total. The first-order valence-corrected chi connectivity index (χ1v) is 16.5. The highest BCUT2D eigenvalue weighted by Crippen LogP contribution is 2.48. The van der Waals surface area contributed by atoms with Gasteiger partial charge in [-0.05, 0) is 82.6 Å². The fourth-order valence-corrected chi connectivity index (χ4v) is 8.28. The largest absolute Gasteiger partial charge is 0.508 e. The van der Waals surface area contributed by atoms with Crippen LogP contribution in [0.2, 0.25) is 0 Å². The molecule has 2 saturated heterocycles. The minimum atomic E-state index is -3.37. The molecule has 0 radical (unpaired) electrons. The number of β-amino-alcohol motifs (C(OH)–C–C–N with tert-alkyl or cyclic N) is 1. The average Bonchev–Trinajstić information content (AvgIpc) is 3.49. The van der Waals surface area contributed by atoms with E-state index in [1.54, 1.807) is 11.8 Å². The van der Waals surface area contributed by atoms with Crippen LogP contribution in [0.15, 0.2) is 24.3 Å². The Morgan fingerprint density at radius 2 is 1.84 bits per heavy atom. The number of ether oxygens (including phenoxy) is 2. The molecule has 4 aromatic rings. The molecular weight excluding hydrogens is 642 g/mol.